The van der Waals surface area contributed by atoms with E-state index in [9.17, 15) is 4.79 Å². The van der Waals surface area contributed by atoms with E-state index < -0.39 is 0 Å². The van der Waals surface area contributed by atoms with Crippen LogP contribution in [0.5, 0.6) is 0 Å². The summed E-state index contributed by atoms with van der Waals surface area (Å²) in [4.78, 5) is 11.4. The van der Waals surface area contributed by atoms with Gasteiger partial charge in [0.1, 0.15) is 0 Å². The second kappa shape index (κ2) is 5.52. The van der Waals surface area contributed by atoms with Gasteiger partial charge in [0.05, 0.1) is 0 Å². The molecule has 0 spiro atoms. The maximum Gasteiger partial charge on any atom is 0.160 e. The van der Waals surface area contributed by atoms with Crippen LogP contribution in [-0.4, -0.2) is 5.78 Å². The van der Waals surface area contributed by atoms with Gasteiger partial charge in [-0.1, -0.05) is 51.2 Å². The molecule has 0 aliphatic carbocycles. The average molecular weight is 178 g/mol. The Morgan fingerprint density at radius 2 is 1.54 bits per heavy atom. The molecule has 0 aromatic rings. The lowest BCUT2D eigenvalue weighted by Crippen LogP contribution is -2.17. The number of carbonyl (C=O) groups excluding carboxylic acids is 1. The van der Waals surface area contributed by atoms with Crippen LogP contribution in [0.25, 0.3) is 0 Å². The molecule has 0 amide bonds. The summed E-state index contributed by atoms with van der Waals surface area (Å²) in [5.41, 5.74) is -0.273. The molecule has 0 rings (SSSR count). The number of ketones is 1. The first-order valence-electron chi connectivity index (χ1n) is 4.49. The van der Waals surface area contributed by atoms with Gasteiger partial charge in [-0.05, 0) is 13.0 Å². The summed E-state index contributed by atoms with van der Waals surface area (Å²) in [6, 6.07) is 0. The van der Waals surface area contributed by atoms with Crippen molar-refractivity contribution in [3.05, 3.63) is 36.5 Å². The summed E-state index contributed by atoms with van der Waals surface area (Å²) in [5, 5.41) is 0. The molecule has 0 heterocycles. The topological polar surface area (TPSA) is 17.1 Å². The SMILES string of the molecule is C/C=C/C=C/C=C/C(=O)C(C)(C)C. The first-order chi connectivity index (χ1) is 5.98. The monoisotopic (exact) mass is 178 g/mol. The van der Waals surface area contributed by atoms with Crippen molar-refractivity contribution in [2.75, 3.05) is 0 Å². The molecule has 0 aliphatic heterocycles. The third kappa shape index (κ3) is 6.09. The second-order valence-electron chi connectivity index (χ2n) is 3.88. The lowest BCUT2D eigenvalue weighted by molar-refractivity contribution is -0.121. The van der Waals surface area contributed by atoms with Gasteiger partial charge in [-0.25, -0.2) is 0 Å². The summed E-state index contributed by atoms with van der Waals surface area (Å²) in [7, 11) is 0. The van der Waals surface area contributed by atoms with Crippen molar-refractivity contribution in [1.29, 1.82) is 0 Å². The number of rotatable bonds is 3. The summed E-state index contributed by atoms with van der Waals surface area (Å²) in [5.74, 6) is 0.151. The molecule has 0 N–H and O–H groups in total. The Balaban J connectivity index is 4.07. The Morgan fingerprint density at radius 3 is 2.00 bits per heavy atom. The third-order valence-electron chi connectivity index (χ3n) is 1.51. The van der Waals surface area contributed by atoms with Gasteiger partial charge in [0.15, 0.2) is 5.78 Å². The summed E-state index contributed by atoms with van der Waals surface area (Å²) >= 11 is 0. The standard InChI is InChI=1S/C12H18O/c1-5-6-7-8-9-10-11(13)12(2,3)4/h5-10H,1-4H3/b6-5+,8-7+,10-9+. The Labute approximate surface area is 80.8 Å². The first kappa shape index (κ1) is 11.9. The molecule has 13 heavy (non-hydrogen) atoms. The molecule has 0 aromatic carbocycles. The van der Waals surface area contributed by atoms with Crippen molar-refractivity contribution in [3.8, 4) is 0 Å². The molecule has 0 atom stereocenters. The van der Waals surface area contributed by atoms with Gasteiger partial charge < -0.3 is 0 Å². The first-order valence-corrected chi connectivity index (χ1v) is 4.49. The fraction of sp³-hybridized carbons (Fsp3) is 0.417. The molecule has 0 unspecified atom stereocenters. The second-order valence-corrected chi connectivity index (χ2v) is 3.88. The number of carbonyl (C=O) groups is 1. The molecular formula is C12H18O. The van der Waals surface area contributed by atoms with Crippen LogP contribution in [0, 0.1) is 5.41 Å². The van der Waals surface area contributed by atoms with Crippen molar-refractivity contribution in [3.63, 3.8) is 0 Å². The van der Waals surface area contributed by atoms with Gasteiger partial charge in [-0.3, -0.25) is 4.79 Å². The van der Waals surface area contributed by atoms with Crippen molar-refractivity contribution in [1.82, 2.24) is 0 Å². The van der Waals surface area contributed by atoms with E-state index >= 15 is 0 Å². The molecule has 72 valence electrons. The number of allylic oxidation sites excluding steroid dienone is 6. The van der Waals surface area contributed by atoms with Crippen LogP contribution in [0.1, 0.15) is 27.7 Å². The lowest BCUT2D eigenvalue weighted by Gasteiger charge is -2.12. The van der Waals surface area contributed by atoms with Gasteiger partial charge in [-0.2, -0.15) is 0 Å². The minimum Gasteiger partial charge on any atom is -0.294 e. The Bertz CT molecular complexity index is 236. The molecule has 0 saturated carbocycles. The highest BCUT2D eigenvalue weighted by Gasteiger charge is 2.17. The van der Waals surface area contributed by atoms with Gasteiger partial charge in [0, 0.05) is 5.41 Å². The minimum absolute atomic E-state index is 0.151. The maximum atomic E-state index is 11.4. The maximum absolute atomic E-state index is 11.4. The van der Waals surface area contributed by atoms with Gasteiger partial charge in [0.2, 0.25) is 0 Å². The smallest absolute Gasteiger partial charge is 0.160 e. The summed E-state index contributed by atoms with van der Waals surface area (Å²) in [6.07, 6.45) is 11.0. The van der Waals surface area contributed by atoms with Crippen LogP contribution in [0.2, 0.25) is 0 Å². The van der Waals surface area contributed by atoms with E-state index in [0.29, 0.717) is 0 Å². The molecule has 1 nitrogen and oxygen atoms in total. The average Bonchev–Trinajstić information content (AvgIpc) is 2.02. The molecule has 0 bridgehead atoms. The van der Waals surface area contributed by atoms with Gasteiger partial charge in [-0.15, -0.1) is 0 Å². The van der Waals surface area contributed by atoms with E-state index in [1.54, 1.807) is 12.2 Å². The Hall–Kier alpha value is -1.11. The molecule has 0 fully saturated rings. The Kier molecular flexibility index (Phi) is 5.05. The predicted octanol–water partition coefficient (Wildman–Crippen LogP) is 3.29. The molecule has 0 aliphatic rings. The molecular weight excluding hydrogens is 160 g/mol. The van der Waals surface area contributed by atoms with E-state index in [1.807, 2.05) is 52.0 Å². The van der Waals surface area contributed by atoms with Crippen molar-refractivity contribution >= 4 is 5.78 Å². The molecule has 1 heteroatoms. The van der Waals surface area contributed by atoms with E-state index in [4.69, 9.17) is 0 Å². The van der Waals surface area contributed by atoms with Crippen molar-refractivity contribution in [2.45, 2.75) is 27.7 Å². The normalized spacial score (nSPS) is 13.5. The van der Waals surface area contributed by atoms with Crippen LogP contribution in [0.4, 0.5) is 0 Å². The van der Waals surface area contributed by atoms with Crippen LogP contribution < -0.4 is 0 Å². The van der Waals surface area contributed by atoms with E-state index in [2.05, 4.69) is 0 Å². The lowest BCUT2D eigenvalue weighted by atomic mass is 9.91. The van der Waals surface area contributed by atoms with Crippen LogP contribution >= 0.6 is 0 Å². The number of hydrogen-bond acceptors (Lipinski definition) is 1. The third-order valence-corrected chi connectivity index (χ3v) is 1.51. The quantitative estimate of drug-likeness (QED) is 0.478. The predicted molar refractivity (Wildman–Crippen MR) is 57.6 cm³/mol. The zero-order valence-electron chi connectivity index (χ0n) is 8.87. The largest absolute Gasteiger partial charge is 0.294 e. The van der Waals surface area contributed by atoms with E-state index in [-0.39, 0.29) is 11.2 Å². The van der Waals surface area contributed by atoms with Crippen molar-refractivity contribution < 1.29 is 4.79 Å². The highest BCUT2D eigenvalue weighted by atomic mass is 16.1. The highest BCUT2D eigenvalue weighted by molar-refractivity contribution is 5.94. The summed E-state index contributed by atoms with van der Waals surface area (Å²) in [6.45, 7) is 7.69. The zero-order valence-corrected chi connectivity index (χ0v) is 8.87. The highest BCUT2D eigenvalue weighted by Crippen LogP contribution is 2.14. The Morgan fingerprint density at radius 1 is 1.00 bits per heavy atom. The summed E-state index contributed by atoms with van der Waals surface area (Å²) < 4.78 is 0. The zero-order chi connectivity index (χ0) is 10.3. The molecule has 0 radical (unpaired) electrons. The van der Waals surface area contributed by atoms with E-state index in [0.717, 1.165) is 0 Å². The van der Waals surface area contributed by atoms with Crippen LogP contribution in [-0.2, 0) is 4.79 Å². The fourth-order valence-electron chi connectivity index (χ4n) is 0.632. The molecule has 0 aromatic heterocycles. The van der Waals surface area contributed by atoms with Gasteiger partial charge in [0.25, 0.3) is 0 Å². The number of hydrogen-bond donors (Lipinski definition) is 0. The van der Waals surface area contributed by atoms with Crippen LogP contribution in [0.15, 0.2) is 36.5 Å². The fourth-order valence-corrected chi connectivity index (χ4v) is 0.632. The van der Waals surface area contributed by atoms with E-state index in [1.165, 1.54) is 0 Å². The minimum atomic E-state index is -0.273. The van der Waals surface area contributed by atoms with Crippen molar-refractivity contribution in [2.24, 2.45) is 5.41 Å². The molecule has 0 saturated heterocycles. The van der Waals surface area contributed by atoms with Crippen LogP contribution in [0.3, 0.4) is 0 Å². The van der Waals surface area contributed by atoms with Gasteiger partial charge >= 0.3 is 0 Å².